The van der Waals surface area contributed by atoms with Gasteiger partial charge in [-0.2, -0.15) is 0 Å². The second kappa shape index (κ2) is 7.95. The van der Waals surface area contributed by atoms with Gasteiger partial charge < -0.3 is 10.2 Å². The van der Waals surface area contributed by atoms with Crippen molar-refractivity contribution in [2.75, 3.05) is 18.0 Å². The van der Waals surface area contributed by atoms with Gasteiger partial charge in [-0.05, 0) is 31.6 Å². The fourth-order valence-corrected chi connectivity index (χ4v) is 4.45. The molecule has 1 saturated heterocycles. The average Bonchev–Trinajstić information content (AvgIpc) is 3.16. The number of hydrogen-bond acceptors (Lipinski definition) is 4. The maximum Gasteiger partial charge on any atom is 0.242 e. The van der Waals surface area contributed by atoms with E-state index in [2.05, 4.69) is 15.2 Å². The fraction of sp³-hybridized carbons (Fsp3) is 0.765. The summed E-state index contributed by atoms with van der Waals surface area (Å²) in [5.41, 5.74) is 0. The van der Waals surface area contributed by atoms with Crippen molar-refractivity contribution < 1.29 is 4.79 Å². The number of aromatic nitrogens is 1. The zero-order valence-electron chi connectivity index (χ0n) is 13.3. The van der Waals surface area contributed by atoms with Crippen LogP contribution in [0.2, 0.25) is 0 Å². The van der Waals surface area contributed by atoms with E-state index in [1.807, 2.05) is 11.6 Å². The molecule has 3 rings (SSSR count). The summed E-state index contributed by atoms with van der Waals surface area (Å²) in [6.45, 7) is 1.82. The zero-order chi connectivity index (χ0) is 15.2. The monoisotopic (exact) mass is 321 g/mol. The highest BCUT2D eigenvalue weighted by atomic mass is 32.1. The summed E-state index contributed by atoms with van der Waals surface area (Å²) in [6.07, 6.45) is 13.2. The molecule has 0 unspecified atom stereocenters. The van der Waals surface area contributed by atoms with E-state index in [0.717, 1.165) is 31.1 Å². The van der Waals surface area contributed by atoms with Crippen LogP contribution in [0.3, 0.4) is 0 Å². The molecule has 5 heteroatoms. The maximum atomic E-state index is 12.6. The summed E-state index contributed by atoms with van der Waals surface area (Å²) in [4.78, 5) is 19.1. The summed E-state index contributed by atoms with van der Waals surface area (Å²) in [5.74, 6) is 0.883. The van der Waals surface area contributed by atoms with Crippen LogP contribution >= 0.6 is 11.3 Å². The first kappa shape index (κ1) is 15.8. The normalized spacial score (nSPS) is 24.0. The quantitative estimate of drug-likeness (QED) is 0.922. The van der Waals surface area contributed by atoms with Gasteiger partial charge in [0.25, 0.3) is 0 Å². The van der Waals surface area contributed by atoms with E-state index in [1.54, 1.807) is 11.3 Å². The first-order valence-electron chi connectivity index (χ1n) is 8.78. The second-order valence-corrected chi connectivity index (χ2v) is 7.50. The van der Waals surface area contributed by atoms with Gasteiger partial charge in [0.2, 0.25) is 5.91 Å². The van der Waals surface area contributed by atoms with Gasteiger partial charge >= 0.3 is 0 Å². The molecule has 1 aromatic rings. The second-order valence-electron chi connectivity index (χ2n) is 6.62. The van der Waals surface area contributed by atoms with E-state index >= 15 is 0 Å². The van der Waals surface area contributed by atoms with Crippen LogP contribution < -0.4 is 10.2 Å². The maximum absolute atomic E-state index is 12.6. The molecular weight excluding hydrogens is 294 g/mol. The third-order valence-corrected chi connectivity index (χ3v) is 5.82. The van der Waals surface area contributed by atoms with Gasteiger partial charge in [0.05, 0.1) is 0 Å². The highest BCUT2D eigenvalue weighted by molar-refractivity contribution is 7.13. The van der Waals surface area contributed by atoms with Gasteiger partial charge in [0.1, 0.15) is 6.04 Å². The van der Waals surface area contributed by atoms with Crippen LogP contribution in [0.25, 0.3) is 0 Å². The minimum Gasteiger partial charge on any atom is -0.354 e. The van der Waals surface area contributed by atoms with Crippen LogP contribution in [0.15, 0.2) is 11.6 Å². The number of nitrogens with zero attached hydrogens (tertiary/aromatic N) is 2. The van der Waals surface area contributed by atoms with Crippen molar-refractivity contribution >= 4 is 22.4 Å². The van der Waals surface area contributed by atoms with Gasteiger partial charge in [0, 0.05) is 24.7 Å². The Bertz CT molecular complexity index is 454. The van der Waals surface area contributed by atoms with Crippen molar-refractivity contribution in [1.29, 1.82) is 0 Å². The molecule has 1 aliphatic heterocycles. The van der Waals surface area contributed by atoms with Crippen LogP contribution in [-0.4, -0.2) is 30.0 Å². The SMILES string of the molecule is O=C(NCC1CCCCCCC1)[C@@H]1CCCN1c1nccs1. The van der Waals surface area contributed by atoms with Crippen LogP contribution in [-0.2, 0) is 4.79 Å². The Morgan fingerprint density at radius 2 is 1.95 bits per heavy atom. The van der Waals surface area contributed by atoms with E-state index in [-0.39, 0.29) is 11.9 Å². The number of carbonyl (C=O) groups is 1. The van der Waals surface area contributed by atoms with Crippen LogP contribution in [0.5, 0.6) is 0 Å². The molecule has 1 aliphatic carbocycles. The molecule has 1 amide bonds. The van der Waals surface area contributed by atoms with Gasteiger partial charge in [-0.25, -0.2) is 4.98 Å². The van der Waals surface area contributed by atoms with Crippen LogP contribution in [0.1, 0.15) is 57.8 Å². The van der Waals surface area contributed by atoms with E-state index in [4.69, 9.17) is 0 Å². The number of rotatable bonds is 4. The standard InChI is InChI=1S/C17H27N3OS/c21-16(19-13-14-7-4-2-1-3-5-8-14)15-9-6-11-20(15)17-18-10-12-22-17/h10,12,14-15H,1-9,11,13H2,(H,19,21)/t15-/m0/s1. The van der Waals surface area contributed by atoms with Gasteiger partial charge in [-0.15, -0.1) is 11.3 Å². The molecule has 0 radical (unpaired) electrons. The van der Waals surface area contributed by atoms with Crippen molar-refractivity contribution in [2.45, 2.75) is 63.8 Å². The molecule has 1 saturated carbocycles. The lowest BCUT2D eigenvalue weighted by Crippen LogP contribution is -2.44. The molecule has 2 fully saturated rings. The lowest BCUT2D eigenvalue weighted by molar-refractivity contribution is -0.122. The van der Waals surface area contributed by atoms with E-state index < -0.39 is 0 Å². The van der Waals surface area contributed by atoms with Crippen molar-refractivity contribution in [3.63, 3.8) is 0 Å². The molecule has 0 aromatic carbocycles. The lowest BCUT2D eigenvalue weighted by Gasteiger charge is -2.25. The third-order valence-electron chi connectivity index (χ3n) is 5.01. The molecule has 2 aliphatic rings. The lowest BCUT2D eigenvalue weighted by atomic mass is 9.91. The van der Waals surface area contributed by atoms with Gasteiger partial charge in [-0.3, -0.25) is 4.79 Å². The summed E-state index contributed by atoms with van der Waals surface area (Å²) < 4.78 is 0. The molecule has 1 N–H and O–H groups in total. The Balaban J connectivity index is 1.50. The molecule has 1 aromatic heterocycles. The molecule has 4 nitrogen and oxygen atoms in total. The number of thiazole rings is 1. The first-order valence-corrected chi connectivity index (χ1v) is 9.66. The molecule has 2 heterocycles. The molecule has 122 valence electrons. The predicted molar refractivity (Wildman–Crippen MR) is 91.3 cm³/mol. The molecular formula is C17H27N3OS. The van der Waals surface area contributed by atoms with Crippen molar-refractivity contribution in [2.24, 2.45) is 5.92 Å². The minimum atomic E-state index is -0.0142. The number of hydrogen-bond donors (Lipinski definition) is 1. The minimum absolute atomic E-state index is 0.0142. The Morgan fingerprint density at radius 1 is 1.18 bits per heavy atom. The summed E-state index contributed by atoms with van der Waals surface area (Å²) in [6, 6.07) is -0.0142. The van der Waals surface area contributed by atoms with Crippen molar-refractivity contribution in [3.05, 3.63) is 11.6 Å². The zero-order valence-corrected chi connectivity index (χ0v) is 14.1. The van der Waals surface area contributed by atoms with Crippen molar-refractivity contribution in [1.82, 2.24) is 10.3 Å². The molecule has 1 atom stereocenters. The van der Waals surface area contributed by atoms with Crippen LogP contribution in [0.4, 0.5) is 5.13 Å². The highest BCUT2D eigenvalue weighted by Gasteiger charge is 2.32. The van der Waals surface area contributed by atoms with Crippen molar-refractivity contribution in [3.8, 4) is 0 Å². The topological polar surface area (TPSA) is 45.2 Å². The molecule has 0 bridgehead atoms. The fourth-order valence-electron chi connectivity index (χ4n) is 3.73. The number of nitrogens with one attached hydrogen (secondary N) is 1. The Labute approximate surface area is 137 Å². The predicted octanol–water partition coefficient (Wildman–Crippen LogP) is 3.59. The Kier molecular flexibility index (Phi) is 5.70. The molecule has 22 heavy (non-hydrogen) atoms. The summed E-state index contributed by atoms with van der Waals surface area (Å²) >= 11 is 1.63. The molecule has 0 spiro atoms. The summed E-state index contributed by atoms with van der Waals surface area (Å²) in [7, 11) is 0. The van der Waals surface area contributed by atoms with E-state index in [0.29, 0.717) is 5.92 Å². The largest absolute Gasteiger partial charge is 0.354 e. The summed E-state index contributed by atoms with van der Waals surface area (Å²) in [5, 5.41) is 6.20. The number of amides is 1. The first-order chi connectivity index (χ1) is 10.8. The smallest absolute Gasteiger partial charge is 0.242 e. The number of anilines is 1. The third kappa shape index (κ3) is 4.00. The van der Waals surface area contributed by atoms with E-state index in [1.165, 1.54) is 44.9 Å². The van der Waals surface area contributed by atoms with E-state index in [9.17, 15) is 4.79 Å². The number of carbonyl (C=O) groups excluding carboxylic acids is 1. The van der Waals surface area contributed by atoms with Crippen LogP contribution in [0, 0.1) is 5.92 Å². The van der Waals surface area contributed by atoms with Gasteiger partial charge in [0.15, 0.2) is 5.13 Å². The average molecular weight is 321 g/mol. The Morgan fingerprint density at radius 3 is 2.68 bits per heavy atom. The Hall–Kier alpha value is -1.10. The van der Waals surface area contributed by atoms with Gasteiger partial charge in [-0.1, -0.05) is 32.1 Å². The highest BCUT2D eigenvalue weighted by Crippen LogP contribution is 2.27.